The van der Waals surface area contributed by atoms with Gasteiger partial charge in [0.05, 0.1) is 6.54 Å². The summed E-state index contributed by atoms with van der Waals surface area (Å²) in [5.74, 6) is 1.77. The van der Waals surface area contributed by atoms with E-state index in [4.69, 9.17) is 0 Å². The molecule has 0 aliphatic rings. The van der Waals surface area contributed by atoms with E-state index in [0.717, 1.165) is 31.2 Å². The second-order valence-electron chi connectivity index (χ2n) is 5.55. The average molecular weight is 442 g/mol. The molecule has 0 aliphatic heterocycles. The monoisotopic (exact) mass is 442 g/mol. The largest absolute Gasteiger partial charge is 0.356 e. The van der Waals surface area contributed by atoms with Crippen LogP contribution in [0.4, 0.5) is 0 Å². The number of hydrogen-bond donors (Lipinski definition) is 1. The van der Waals surface area contributed by atoms with Gasteiger partial charge < -0.3 is 10.2 Å². The van der Waals surface area contributed by atoms with Gasteiger partial charge in [0.25, 0.3) is 0 Å². The highest BCUT2D eigenvalue weighted by atomic mass is 127. The topological polar surface area (TPSA) is 58.3 Å². The third kappa shape index (κ3) is 5.77. The fourth-order valence-corrected chi connectivity index (χ4v) is 2.40. The number of aryl methyl sites for hydroxylation is 2. The van der Waals surface area contributed by atoms with Crippen molar-refractivity contribution in [1.29, 1.82) is 0 Å². The lowest BCUT2D eigenvalue weighted by atomic mass is 10.1. The Bertz CT molecular complexity index is 635. The molecule has 1 N–H and O–H groups in total. The smallest absolute Gasteiger partial charge is 0.193 e. The molecule has 1 aromatic carbocycles. The predicted molar refractivity (Wildman–Crippen MR) is 109 cm³/mol. The van der Waals surface area contributed by atoms with Gasteiger partial charge in [-0.3, -0.25) is 9.67 Å². The Balaban J connectivity index is 0.00000288. The van der Waals surface area contributed by atoms with Crippen LogP contribution in [0.5, 0.6) is 0 Å². The maximum absolute atomic E-state index is 4.33. The van der Waals surface area contributed by atoms with E-state index in [2.05, 4.69) is 51.6 Å². The molecule has 1 aromatic heterocycles. The molecule has 6 nitrogen and oxygen atoms in total. The van der Waals surface area contributed by atoms with E-state index in [9.17, 15) is 0 Å². The van der Waals surface area contributed by atoms with Gasteiger partial charge in [-0.15, -0.1) is 24.0 Å². The molecule has 0 saturated heterocycles. The first-order valence-corrected chi connectivity index (χ1v) is 7.96. The molecule has 2 rings (SSSR count). The summed E-state index contributed by atoms with van der Waals surface area (Å²) in [6.45, 7) is 3.69. The van der Waals surface area contributed by atoms with Crippen LogP contribution in [0.1, 0.15) is 23.9 Å². The van der Waals surface area contributed by atoms with Gasteiger partial charge in [0.2, 0.25) is 0 Å². The highest BCUT2D eigenvalue weighted by Gasteiger charge is 2.09. The molecule has 7 heteroatoms. The maximum atomic E-state index is 4.33. The molecule has 2 aromatic rings. The molecular formula is C17H27IN6. The number of hydrogen-bond acceptors (Lipinski definition) is 3. The zero-order valence-electron chi connectivity index (χ0n) is 14.9. The minimum absolute atomic E-state index is 0. The molecule has 0 unspecified atom stereocenters. The van der Waals surface area contributed by atoms with Crippen molar-refractivity contribution in [3.63, 3.8) is 0 Å². The van der Waals surface area contributed by atoms with Gasteiger partial charge in [-0.25, -0.2) is 4.98 Å². The van der Waals surface area contributed by atoms with Crippen LogP contribution in [0.15, 0.2) is 35.6 Å². The van der Waals surface area contributed by atoms with Gasteiger partial charge in [0.15, 0.2) is 5.96 Å². The molecule has 0 atom stereocenters. The Morgan fingerprint density at radius 3 is 2.46 bits per heavy atom. The number of guanidine groups is 1. The van der Waals surface area contributed by atoms with Crippen molar-refractivity contribution in [2.24, 2.45) is 12.0 Å². The van der Waals surface area contributed by atoms with Crippen molar-refractivity contribution in [1.82, 2.24) is 25.0 Å². The molecule has 132 valence electrons. The number of aromatic nitrogens is 3. The Hall–Kier alpha value is -1.64. The summed E-state index contributed by atoms with van der Waals surface area (Å²) in [5, 5.41) is 7.49. The molecule has 24 heavy (non-hydrogen) atoms. The van der Waals surface area contributed by atoms with Crippen LogP contribution in [-0.2, 0) is 26.4 Å². The maximum Gasteiger partial charge on any atom is 0.193 e. The summed E-state index contributed by atoms with van der Waals surface area (Å²) in [6, 6.07) is 8.80. The van der Waals surface area contributed by atoms with E-state index in [0.29, 0.717) is 6.54 Å². The van der Waals surface area contributed by atoms with E-state index in [-0.39, 0.29) is 24.0 Å². The third-order valence-electron chi connectivity index (χ3n) is 3.89. The summed E-state index contributed by atoms with van der Waals surface area (Å²) in [6.07, 6.45) is 3.62. The second-order valence-corrected chi connectivity index (χ2v) is 5.55. The van der Waals surface area contributed by atoms with Crippen molar-refractivity contribution >= 4 is 29.9 Å². The zero-order chi connectivity index (χ0) is 16.7. The first kappa shape index (κ1) is 20.4. The van der Waals surface area contributed by atoms with Crippen LogP contribution in [-0.4, -0.2) is 46.3 Å². The zero-order valence-corrected chi connectivity index (χ0v) is 17.2. The number of aliphatic imine (C=N–C) groups is 1. The third-order valence-corrected chi connectivity index (χ3v) is 3.89. The van der Waals surface area contributed by atoms with Gasteiger partial charge in [-0.1, -0.05) is 31.2 Å². The molecule has 0 bridgehead atoms. The molecule has 0 spiro atoms. The number of benzene rings is 1. The molecular weight excluding hydrogens is 415 g/mol. The van der Waals surface area contributed by atoms with Gasteiger partial charge >= 0.3 is 0 Å². The fourth-order valence-electron chi connectivity index (χ4n) is 2.40. The summed E-state index contributed by atoms with van der Waals surface area (Å²) in [7, 11) is 5.69. The number of halogens is 1. The number of nitrogens with zero attached hydrogens (tertiary/aromatic N) is 5. The SMILES string of the molecule is CCc1ccc(CCNC(=NC)N(C)Cc2ncnn2C)cc1.I. The Labute approximate surface area is 161 Å². The highest BCUT2D eigenvalue weighted by molar-refractivity contribution is 14.0. The summed E-state index contributed by atoms with van der Waals surface area (Å²) >= 11 is 0. The van der Waals surface area contributed by atoms with Crippen molar-refractivity contribution in [3.8, 4) is 0 Å². The molecule has 0 radical (unpaired) electrons. The minimum Gasteiger partial charge on any atom is -0.356 e. The second kappa shape index (κ2) is 10.3. The van der Waals surface area contributed by atoms with Crippen molar-refractivity contribution in [2.45, 2.75) is 26.3 Å². The van der Waals surface area contributed by atoms with Gasteiger partial charge in [-0.2, -0.15) is 5.10 Å². The lowest BCUT2D eigenvalue weighted by Crippen LogP contribution is -2.39. The Morgan fingerprint density at radius 1 is 1.25 bits per heavy atom. The molecule has 1 heterocycles. The van der Waals surface area contributed by atoms with E-state index in [1.807, 2.05) is 19.0 Å². The standard InChI is InChI=1S/C17H26N6.HI/c1-5-14-6-8-15(9-7-14)10-11-19-17(18-2)22(3)12-16-20-13-21-23(16)4;/h6-9,13H,5,10-12H2,1-4H3,(H,18,19);1H. The quantitative estimate of drug-likeness (QED) is 0.424. The molecule has 0 amide bonds. The van der Waals surface area contributed by atoms with E-state index >= 15 is 0 Å². The lowest BCUT2D eigenvalue weighted by Gasteiger charge is -2.21. The molecule has 0 aliphatic carbocycles. The first-order chi connectivity index (χ1) is 11.1. The van der Waals surface area contributed by atoms with Gasteiger partial charge in [-0.05, 0) is 24.0 Å². The van der Waals surface area contributed by atoms with Crippen LogP contribution in [0.2, 0.25) is 0 Å². The summed E-state index contributed by atoms with van der Waals surface area (Å²) in [4.78, 5) is 10.6. The van der Waals surface area contributed by atoms with Crippen LogP contribution in [0, 0.1) is 0 Å². The number of rotatable bonds is 6. The summed E-state index contributed by atoms with van der Waals surface area (Å²) in [5.41, 5.74) is 2.71. The van der Waals surface area contributed by atoms with E-state index in [1.54, 1.807) is 18.1 Å². The van der Waals surface area contributed by atoms with Crippen LogP contribution in [0.3, 0.4) is 0 Å². The van der Waals surface area contributed by atoms with Gasteiger partial charge in [0.1, 0.15) is 12.2 Å². The van der Waals surface area contributed by atoms with Crippen LogP contribution in [0.25, 0.3) is 0 Å². The highest BCUT2D eigenvalue weighted by Crippen LogP contribution is 2.05. The van der Waals surface area contributed by atoms with Crippen LogP contribution >= 0.6 is 24.0 Å². The van der Waals surface area contributed by atoms with Gasteiger partial charge in [0, 0.05) is 27.7 Å². The van der Waals surface area contributed by atoms with Crippen LogP contribution < -0.4 is 5.32 Å². The van der Waals surface area contributed by atoms with Crippen molar-refractivity contribution in [2.75, 3.05) is 20.6 Å². The fraction of sp³-hybridized carbons (Fsp3) is 0.471. The number of nitrogens with one attached hydrogen (secondary N) is 1. The Morgan fingerprint density at radius 2 is 1.92 bits per heavy atom. The minimum atomic E-state index is 0. The molecule has 0 saturated carbocycles. The first-order valence-electron chi connectivity index (χ1n) is 7.96. The lowest BCUT2D eigenvalue weighted by molar-refractivity contribution is 0.449. The van der Waals surface area contributed by atoms with E-state index < -0.39 is 0 Å². The van der Waals surface area contributed by atoms with E-state index in [1.165, 1.54) is 11.1 Å². The molecule has 0 fully saturated rings. The normalized spacial score (nSPS) is 11.1. The predicted octanol–water partition coefficient (Wildman–Crippen LogP) is 2.25. The summed E-state index contributed by atoms with van der Waals surface area (Å²) < 4.78 is 1.78. The Kier molecular flexibility index (Phi) is 8.73. The van der Waals surface area contributed by atoms with Crippen molar-refractivity contribution < 1.29 is 0 Å². The van der Waals surface area contributed by atoms with Crippen molar-refractivity contribution in [3.05, 3.63) is 47.5 Å². The average Bonchev–Trinajstić information content (AvgIpc) is 2.97.